The molecule has 0 atom stereocenters. The predicted octanol–water partition coefficient (Wildman–Crippen LogP) is 7.07. The van der Waals surface area contributed by atoms with Gasteiger partial charge in [-0.15, -0.1) is 0 Å². The average molecular weight is 431 g/mol. The van der Waals surface area contributed by atoms with Gasteiger partial charge in [0.25, 0.3) is 0 Å². The van der Waals surface area contributed by atoms with Crippen molar-refractivity contribution in [2.75, 3.05) is 0 Å². The van der Waals surface area contributed by atoms with Crippen LogP contribution in [0.1, 0.15) is 27.8 Å². The first-order valence-electron chi connectivity index (χ1n) is 10.7. The minimum atomic E-state index is -4.45. The summed E-state index contributed by atoms with van der Waals surface area (Å²) < 4.78 is 47.1. The first kappa shape index (κ1) is 19.4. The summed E-state index contributed by atoms with van der Waals surface area (Å²) in [6.45, 7) is 8.43. The van der Waals surface area contributed by atoms with Gasteiger partial charge < -0.3 is 4.40 Å². The molecule has 6 rings (SSSR count). The highest BCUT2D eigenvalue weighted by atomic mass is 19.4. The molecular weight excluding hydrogens is 409 g/mol. The minimum Gasteiger partial charge on any atom is -0.307 e. The van der Waals surface area contributed by atoms with Crippen LogP contribution in [-0.4, -0.2) is 4.40 Å². The molecule has 0 aliphatic rings. The Balaban J connectivity index is 2.16. The molecule has 0 unspecified atom stereocenters. The molecule has 32 heavy (non-hydrogen) atoms. The van der Waals surface area contributed by atoms with E-state index in [2.05, 4.69) is 36.7 Å². The summed E-state index contributed by atoms with van der Waals surface area (Å²) >= 11 is 0. The highest BCUT2D eigenvalue weighted by Gasteiger charge is 2.37. The molecule has 0 fully saturated rings. The lowest BCUT2D eigenvalue weighted by Crippen LogP contribution is -2.29. The fraction of sp³-hybridized carbons (Fsp3) is 0.222. The summed E-state index contributed by atoms with van der Waals surface area (Å²) in [7, 11) is 1.98. The molecule has 0 aliphatic heterocycles. The Hall–Kier alpha value is -3.34. The van der Waals surface area contributed by atoms with E-state index in [-0.39, 0.29) is 5.39 Å². The Morgan fingerprint density at radius 3 is 2.19 bits per heavy atom. The number of aryl methyl sites for hydroxylation is 3. The maximum atomic E-state index is 14.3. The van der Waals surface area contributed by atoms with Crippen LogP contribution in [0.5, 0.6) is 0 Å². The summed E-state index contributed by atoms with van der Waals surface area (Å²) in [5.41, 5.74) is 7.54. The lowest BCUT2D eigenvalue weighted by Gasteiger charge is -2.19. The van der Waals surface area contributed by atoms with Crippen LogP contribution in [0, 0.1) is 27.7 Å². The van der Waals surface area contributed by atoms with Crippen molar-refractivity contribution < 1.29 is 17.7 Å². The smallest absolute Gasteiger partial charge is 0.307 e. The molecule has 6 aromatic rings. The van der Waals surface area contributed by atoms with Gasteiger partial charge in [0.1, 0.15) is 7.05 Å². The molecule has 3 heterocycles. The summed E-state index contributed by atoms with van der Waals surface area (Å²) in [5.74, 6) is 0. The van der Waals surface area contributed by atoms with Gasteiger partial charge in [0, 0.05) is 16.8 Å². The fourth-order valence-electron chi connectivity index (χ4n) is 5.63. The number of alkyl halides is 3. The lowest BCUT2D eigenvalue weighted by molar-refractivity contribution is -0.643. The number of para-hydroxylation sites is 1. The molecule has 0 amide bonds. The van der Waals surface area contributed by atoms with E-state index < -0.39 is 11.7 Å². The zero-order valence-electron chi connectivity index (χ0n) is 18.6. The summed E-state index contributed by atoms with van der Waals surface area (Å²) in [6.07, 6.45) is -2.58. The number of pyridine rings is 2. The Kier molecular flexibility index (Phi) is 3.58. The summed E-state index contributed by atoms with van der Waals surface area (Å²) in [4.78, 5) is 0. The zero-order chi connectivity index (χ0) is 22.7. The van der Waals surface area contributed by atoms with Crippen LogP contribution in [0.25, 0.3) is 49.0 Å². The first-order valence-corrected chi connectivity index (χ1v) is 10.7. The molecule has 2 nitrogen and oxygen atoms in total. The molecule has 5 heteroatoms. The van der Waals surface area contributed by atoms with Crippen molar-refractivity contribution in [3.63, 3.8) is 0 Å². The van der Waals surface area contributed by atoms with Crippen molar-refractivity contribution in [1.82, 2.24) is 4.40 Å². The average Bonchev–Trinajstić information content (AvgIpc) is 3.10. The standard InChI is InChI=1S/C27H22F3N2/c1-13-14(2)16(4)24-21(15(13)3)25-22-17(10-11-31(25)5)12-19(27(28,29)30)23-18-8-6-7-9-20(18)32(24)26(22)23/h6-12H,1-5H3/q+1. The molecule has 3 aromatic carbocycles. The van der Waals surface area contributed by atoms with Crippen molar-refractivity contribution >= 4 is 49.0 Å². The van der Waals surface area contributed by atoms with Gasteiger partial charge >= 0.3 is 6.18 Å². The maximum absolute atomic E-state index is 14.3. The SMILES string of the molecule is Cc1c(C)c(C)c2c(c1C)c1c3c(cc[n+]1C)cc(C(F)(F)F)c1c4ccccc4n2c13. The van der Waals surface area contributed by atoms with Gasteiger partial charge in [-0.2, -0.15) is 13.2 Å². The molecule has 0 saturated heterocycles. The topological polar surface area (TPSA) is 8.29 Å². The van der Waals surface area contributed by atoms with E-state index in [1.54, 1.807) is 6.07 Å². The molecule has 0 saturated carbocycles. The van der Waals surface area contributed by atoms with Gasteiger partial charge in [0.05, 0.1) is 32.9 Å². The Morgan fingerprint density at radius 2 is 1.47 bits per heavy atom. The third-order valence-electron chi connectivity index (χ3n) is 7.46. The van der Waals surface area contributed by atoms with Crippen molar-refractivity contribution in [2.45, 2.75) is 33.9 Å². The van der Waals surface area contributed by atoms with Crippen LogP contribution in [0.2, 0.25) is 0 Å². The van der Waals surface area contributed by atoms with Gasteiger partial charge in [0.15, 0.2) is 6.20 Å². The van der Waals surface area contributed by atoms with Crippen LogP contribution in [0.4, 0.5) is 13.2 Å². The number of aromatic nitrogens is 2. The third-order valence-corrected chi connectivity index (χ3v) is 7.46. The van der Waals surface area contributed by atoms with Crippen molar-refractivity contribution in [3.05, 3.63) is 70.4 Å². The van der Waals surface area contributed by atoms with Crippen LogP contribution in [-0.2, 0) is 13.2 Å². The Morgan fingerprint density at radius 1 is 0.781 bits per heavy atom. The summed E-state index contributed by atoms with van der Waals surface area (Å²) in [5, 5.41) is 3.52. The largest absolute Gasteiger partial charge is 0.417 e. The van der Waals surface area contributed by atoms with E-state index in [1.165, 1.54) is 22.8 Å². The first-order chi connectivity index (χ1) is 15.1. The van der Waals surface area contributed by atoms with Gasteiger partial charge in [-0.3, -0.25) is 0 Å². The second-order valence-electron chi connectivity index (χ2n) is 8.96. The minimum absolute atomic E-state index is 0.286. The number of hydrogen-bond acceptors (Lipinski definition) is 0. The van der Waals surface area contributed by atoms with Gasteiger partial charge in [-0.05, 0) is 67.5 Å². The third kappa shape index (κ3) is 2.14. The van der Waals surface area contributed by atoms with Crippen LogP contribution < -0.4 is 4.57 Å². The Labute approximate surface area is 182 Å². The molecular formula is C27H22F3N2+. The molecule has 3 aromatic heterocycles. The van der Waals surface area contributed by atoms with Gasteiger partial charge in [-0.25, -0.2) is 4.57 Å². The maximum Gasteiger partial charge on any atom is 0.417 e. The van der Waals surface area contributed by atoms with Gasteiger partial charge in [0.2, 0.25) is 5.52 Å². The van der Waals surface area contributed by atoms with E-state index in [0.29, 0.717) is 16.3 Å². The Bertz CT molecular complexity index is 1750. The van der Waals surface area contributed by atoms with E-state index in [4.69, 9.17) is 0 Å². The number of rotatable bonds is 0. The molecule has 0 spiro atoms. The van der Waals surface area contributed by atoms with Gasteiger partial charge in [-0.1, -0.05) is 18.2 Å². The highest BCUT2D eigenvalue weighted by Crippen LogP contribution is 2.47. The normalized spacial score (nSPS) is 13.0. The fourth-order valence-corrected chi connectivity index (χ4v) is 5.63. The summed E-state index contributed by atoms with van der Waals surface area (Å²) in [6, 6.07) is 10.6. The monoisotopic (exact) mass is 431 g/mol. The van der Waals surface area contributed by atoms with Crippen molar-refractivity contribution in [1.29, 1.82) is 0 Å². The predicted molar refractivity (Wildman–Crippen MR) is 124 cm³/mol. The van der Waals surface area contributed by atoms with E-state index in [9.17, 15) is 13.2 Å². The zero-order valence-corrected chi connectivity index (χ0v) is 18.6. The molecule has 0 bridgehead atoms. The van der Waals surface area contributed by atoms with E-state index in [0.717, 1.165) is 32.9 Å². The number of hydrogen-bond donors (Lipinski definition) is 0. The van der Waals surface area contributed by atoms with Crippen LogP contribution >= 0.6 is 0 Å². The molecule has 160 valence electrons. The quantitative estimate of drug-likeness (QED) is 0.138. The van der Waals surface area contributed by atoms with Crippen LogP contribution in [0.15, 0.2) is 42.6 Å². The number of fused-ring (bicyclic) bond motifs is 6. The van der Waals surface area contributed by atoms with E-state index >= 15 is 0 Å². The number of halogens is 3. The molecule has 0 radical (unpaired) electrons. The second-order valence-corrected chi connectivity index (χ2v) is 8.96. The molecule has 0 N–H and O–H groups in total. The number of nitrogens with zero attached hydrogens (tertiary/aromatic N) is 2. The highest BCUT2D eigenvalue weighted by molar-refractivity contribution is 6.28. The van der Waals surface area contributed by atoms with Crippen LogP contribution in [0.3, 0.4) is 0 Å². The van der Waals surface area contributed by atoms with Crippen molar-refractivity contribution in [2.24, 2.45) is 7.05 Å². The molecule has 0 aliphatic carbocycles. The lowest BCUT2D eigenvalue weighted by atomic mass is 9.91. The van der Waals surface area contributed by atoms with Crippen molar-refractivity contribution in [3.8, 4) is 0 Å². The number of benzene rings is 3. The second kappa shape index (κ2) is 5.91. The van der Waals surface area contributed by atoms with E-state index in [1.807, 2.05) is 37.5 Å².